The van der Waals surface area contributed by atoms with E-state index in [0.29, 0.717) is 30.5 Å². The summed E-state index contributed by atoms with van der Waals surface area (Å²) in [6, 6.07) is 11.2. The molecule has 202 valence electrons. The Bertz CT molecular complexity index is 1080. The van der Waals surface area contributed by atoms with Crippen molar-refractivity contribution in [2.45, 2.75) is 121 Å². The van der Waals surface area contributed by atoms with Gasteiger partial charge in [0.2, 0.25) is 11.8 Å². The molecule has 3 fully saturated rings. The average Bonchev–Trinajstić information content (AvgIpc) is 3.39. The van der Waals surface area contributed by atoms with Crippen molar-refractivity contribution in [2.24, 2.45) is 5.92 Å². The van der Waals surface area contributed by atoms with Crippen molar-refractivity contribution in [3.63, 3.8) is 0 Å². The molecule has 1 aliphatic carbocycles. The minimum atomic E-state index is -2.64. The highest BCUT2D eigenvalue weighted by molar-refractivity contribution is 5.79. The van der Waals surface area contributed by atoms with E-state index in [4.69, 9.17) is 0 Å². The van der Waals surface area contributed by atoms with Gasteiger partial charge in [0.25, 0.3) is 0 Å². The molecular formula is C29H41F2N5O. The van der Waals surface area contributed by atoms with Crippen molar-refractivity contribution in [2.75, 3.05) is 0 Å². The van der Waals surface area contributed by atoms with E-state index in [2.05, 4.69) is 57.9 Å². The zero-order valence-corrected chi connectivity index (χ0v) is 22.6. The van der Waals surface area contributed by atoms with E-state index in [1.54, 1.807) is 0 Å². The Morgan fingerprint density at radius 3 is 2.24 bits per heavy atom. The van der Waals surface area contributed by atoms with Crippen LogP contribution in [0.4, 0.5) is 8.78 Å². The molecule has 2 aromatic rings. The molecule has 2 aliphatic heterocycles. The molecular weight excluding hydrogens is 472 g/mol. The number of carbonyl (C=O) groups excluding carboxylic acids is 1. The summed E-state index contributed by atoms with van der Waals surface area (Å²) in [7, 11) is 0. The molecule has 2 saturated heterocycles. The van der Waals surface area contributed by atoms with Gasteiger partial charge < -0.3 is 9.88 Å². The summed E-state index contributed by atoms with van der Waals surface area (Å²) in [5, 5.41) is 12.4. The standard InChI is InChI=1S/C29H41F2N5O/c1-5-29(22-9-7-6-8-10-22,32-27(37)21-13-15-28(30,31)16-14-21)36-23-11-12-24(36)18-25(17-23)35-20(4)33-34-26(35)19(2)3/h6-10,19,21,23-25H,5,11-18H2,1-4H3,(H,32,37)/t23?,24?,25?,29-/m0/s1. The number of carbonyl (C=O) groups is 1. The van der Waals surface area contributed by atoms with Crippen LogP contribution in [0.1, 0.15) is 108 Å². The van der Waals surface area contributed by atoms with Crippen LogP contribution in [0.2, 0.25) is 0 Å². The number of hydrogen-bond acceptors (Lipinski definition) is 4. The third-order valence-electron chi connectivity index (χ3n) is 9.10. The molecule has 5 rings (SSSR count). The maximum atomic E-state index is 13.8. The first-order chi connectivity index (χ1) is 17.6. The molecule has 2 bridgehead atoms. The topological polar surface area (TPSA) is 63.1 Å². The Morgan fingerprint density at radius 1 is 1.05 bits per heavy atom. The summed E-state index contributed by atoms with van der Waals surface area (Å²) in [5.41, 5.74) is 0.420. The van der Waals surface area contributed by atoms with Gasteiger partial charge in [-0.3, -0.25) is 9.69 Å². The summed E-state index contributed by atoms with van der Waals surface area (Å²) in [4.78, 5) is 16.2. The smallest absolute Gasteiger partial charge is 0.248 e. The lowest BCUT2D eigenvalue weighted by atomic mass is 9.83. The second-order valence-corrected chi connectivity index (χ2v) is 11.7. The molecule has 37 heavy (non-hydrogen) atoms. The zero-order chi connectivity index (χ0) is 26.4. The number of alkyl halides is 2. The number of fused-ring (bicyclic) bond motifs is 2. The highest BCUT2D eigenvalue weighted by atomic mass is 19.3. The van der Waals surface area contributed by atoms with Crippen LogP contribution in [0.3, 0.4) is 0 Å². The van der Waals surface area contributed by atoms with Crippen LogP contribution in [-0.4, -0.2) is 43.6 Å². The lowest BCUT2D eigenvalue weighted by Crippen LogP contribution is -2.64. The maximum absolute atomic E-state index is 13.8. The van der Waals surface area contributed by atoms with Gasteiger partial charge >= 0.3 is 0 Å². The van der Waals surface area contributed by atoms with Crippen LogP contribution in [-0.2, 0) is 10.5 Å². The van der Waals surface area contributed by atoms with E-state index in [-0.39, 0.29) is 37.5 Å². The lowest BCUT2D eigenvalue weighted by molar-refractivity contribution is -0.137. The molecule has 8 heteroatoms. The Hall–Kier alpha value is -2.35. The highest BCUT2D eigenvalue weighted by Crippen LogP contribution is 2.49. The fraction of sp³-hybridized carbons (Fsp3) is 0.690. The minimum Gasteiger partial charge on any atom is -0.334 e. The van der Waals surface area contributed by atoms with Gasteiger partial charge in [-0.15, -0.1) is 10.2 Å². The van der Waals surface area contributed by atoms with Crippen molar-refractivity contribution in [1.82, 2.24) is 25.0 Å². The molecule has 3 atom stereocenters. The molecule has 1 amide bonds. The molecule has 1 aromatic heterocycles. The predicted molar refractivity (Wildman–Crippen MR) is 139 cm³/mol. The van der Waals surface area contributed by atoms with Crippen LogP contribution in [0, 0.1) is 12.8 Å². The van der Waals surface area contributed by atoms with Gasteiger partial charge in [0, 0.05) is 42.8 Å². The Labute approximate surface area is 219 Å². The molecule has 0 spiro atoms. The van der Waals surface area contributed by atoms with E-state index in [9.17, 15) is 13.6 Å². The van der Waals surface area contributed by atoms with Crippen LogP contribution < -0.4 is 5.32 Å². The lowest BCUT2D eigenvalue weighted by Gasteiger charge is -2.52. The Balaban J connectivity index is 1.45. The number of nitrogens with zero attached hydrogens (tertiary/aromatic N) is 4. The molecule has 1 N–H and O–H groups in total. The van der Waals surface area contributed by atoms with E-state index in [1.165, 1.54) is 0 Å². The number of piperidine rings is 1. The van der Waals surface area contributed by atoms with Crippen LogP contribution in [0.15, 0.2) is 30.3 Å². The van der Waals surface area contributed by atoms with Crippen LogP contribution in [0.5, 0.6) is 0 Å². The van der Waals surface area contributed by atoms with Gasteiger partial charge in [-0.1, -0.05) is 51.1 Å². The number of amides is 1. The van der Waals surface area contributed by atoms with Gasteiger partial charge in [-0.25, -0.2) is 8.78 Å². The monoisotopic (exact) mass is 513 g/mol. The number of aryl methyl sites for hydroxylation is 1. The number of benzene rings is 1. The van der Waals surface area contributed by atoms with Gasteiger partial charge in [0.05, 0.1) is 0 Å². The zero-order valence-electron chi connectivity index (χ0n) is 22.6. The normalized spacial score (nSPS) is 27.8. The van der Waals surface area contributed by atoms with E-state index >= 15 is 0 Å². The Kier molecular flexibility index (Phi) is 7.16. The van der Waals surface area contributed by atoms with Crippen molar-refractivity contribution in [3.8, 4) is 0 Å². The summed E-state index contributed by atoms with van der Waals surface area (Å²) >= 11 is 0. The predicted octanol–water partition coefficient (Wildman–Crippen LogP) is 6.08. The van der Waals surface area contributed by atoms with Crippen molar-refractivity contribution in [1.29, 1.82) is 0 Å². The van der Waals surface area contributed by atoms with Crippen LogP contribution >= 0.6 is 0 Å². The second kappa shape index (κ2) is 10.1. The van der Waals surface area contributed by atoms with Gasteiger partial charge in [-0.05, 0) is 57.4 Å². The quantitative estimate of drug-likeness (QED) is 0.487. The highest BCUT2D eigenvalue weighted by Gasteiger charge is 2.53. The molecule has 6 nitrogen and oxygen atoms in total. The number of halogens is 2. The van der Waals surface area contributed by atoms with Crippen molar-refractivity contribution >= 4 is 5.91 Å². The summed E-state index contributed by atoms with van der Waals surface area (Å²) < 4.78 is 30.0. The van der Waals surface area contributed by atoms with E-state index in [0.717, 1.165) is 42.9 Å². The molecule has 1 saturated carbocycles. The summed E-state index contributed by atoms with van der Waals surface area (Å²) in [6.07, 6.45) is 4.92. The van der Waals surface area contributed by atoms with Crippen LogP contribution in [0.25, 0.3) is 0 Å². The largest absolute Gasteiger partial charge is 0.334 e. The first-order valence-corrected chi connectivity index (χ1v) is 14.1. The molecule has 2 unspecified atom stereocenters. The molecule has 3 aliphatic rings. The Morgan fingerprint density at radius 2 is 1.68 bits per heavy atom. The molecule has 1 aromatic carbocycles. The SMILES string of the molecule is CC[C@@](NC(=O)C1CCC(F)(F)CC1)(c1ccccc1)N1C2CCC1CC(n1c(C)nnc1C(C)C)C2. The van der Waals surface area contributed by atoms with Crippen molar-refractivity contribution in [3.05, 3.63) is 47.5 Å². The van der Waals surface area contributed by atoms with Gasteiger partial charge in [-0.2, -0.15) is 0 Å². The summed E-state index contributed by atoms with van der Waals surface area (Å²) in [5.74, 6) is -0.777. The fourth-order valence-corrected chi connectivity index (χ4v) is 7.30. The van der Waals surface area contributed by atoms with Gasteiger partial charge in [0.15, 0.2) is 0 Å². The maximum Gasteiger partial charge on any atom is 0.248 e. The average molecular weight is 514 g/mol. The first kappa shape index (κ1) is 26.3. The fourth-order valence-electron chi connectivity index (χ4n) is 7.30. The van der Waals surface area contributed by atoms with Crippen molar-refractivity contribution < 1.29 is 13.6 Å². The number of nitrogens with one attached hydrogen (secondary N) is 1. The first-order valence-electron chi connectivity index (χ1n) is 14.1. The number of rotatable bonds is 7. The van der Waals surface area contributed by atoms with E-state index in [1.807, 2.05) is 25.1 Å². The second-order valence-electron chi connectivity index (χ2n) is 11.7. The van der Waals surface area contributed by atoms with Gasteiger partial charge in [0.1, 0.15) is 17.3 Å². The summed E-state index contributed by atoms with van der Waals surface area (Å²) in [6.45, 7) is 8.51. The number of hydrogen-bond donors (Lipinski definition) is 1. The minimum absolute atomic E-state index is 0.0838. The third-order valence-corrected chi connectivity index (χ3v) is 9.10. The molecule has 3 heterocycles. The third kappa shape index (κ3) is 4.82. The van der Waals surface area contributed by atoms with E-state index < -0.39 is 11.6 Å². The molecule has 0 radical (unpaired) electrons. The number of aromatic nitrogens is 3.